The third-order valence-electron chi connectivity index (χ3n) is 3.75. The molecule has 1 aromatic heterocycles. The van der Waals surface area contributed by atoms with Crippen LogP contribution >= 0.6 is 0 Å². The average molecular weight is 279 g/mol. The van der Waals surface area contributed by atoms with Gasteiger partial charge in [0, 0.05) is 12.7 Å². The van der Waals surface area contributed by atoms with Crippen molar-refractivity contribution >= 4 is 5.97 Å². The zero-order valence-corrected chi connectivity index (χ0v) is 12.5. The van der Waals surface area contributed by atoms with Gasteiger partial charge in [-0.05, 0) is 32.9 Å². The molecule has 0 spiro atoms. The molecule has 0 radical (unpaired) electrons. The number of hydrogen-bond donors (Lipinski definition) is 0. The minimum absolute atomic E-state index is 0.179. The SMILES string of the molecule is CCOC(=O)CN(C)Cc1ccn(C2CCCCC2)n1. The highest BCUT2D eigenvalue weighted by Crippen LogP contribution is 2.27. The molecule has 5 heteroatoms. The Balaban J connectivity index is 1.84. The van der Waals surface area contributed by atoms with E-state index in [4.69, 9.17) is 4.74 Å². The molecule has 1 fully saturated rings. The second-order valence-corrected chi connectivity index (χ2v) is 5.56. The van der Waals surface area contributed by atoms with Gasteiger partial charge in [-0.25, -0.2) is 0 Å². The number of carbonyl (C=O) groups excluding carboxylic acids is 1. The van der Waals surface area contributed by atoms with Gasteiger partial charge in [-0.3, -0.25) is 14.4 Å². The van der Waals surface area contributed by atoms with Crippen molar-refractivity contribution in [2.75, 3.05) is 20.2 Å². The summed E-state index contributed by atoms with van der Waals surface area (Å²) in [6.45, 7) is 3.25. The lowest BCUT2D eigenvalue weighted by molar-refractivity contribution is -0.144. The molecular weight excluding hydrogens is 254 g/mol. The van der Waals surface area contributed by atoms with Crippen LogP contribution in [0, 0.1) is 0 Å². The zero-order valence-electron chi connectivity index (χ0n) is 12.5. The maximum atomic E-state index is 11.4. The van der Waals surface area contributed by atoms with Crippen molar-refractivity contribution in [2.24, 2.45) is 0 Å². The fourth-order valence-corrected chi connectivity index (χ4v) is 2.77. The lowest BCUT2D eigenvalue weighted by atomic mass is 9.96. The summed E-state index contributed by atoms with van der Waals surface area (Å²) >= 11 is 0. The van der Waals surface area contributed by atoms with Gasteiger partial charge in [-0.15, -0.1) is 0 Å². The maximum Gasteiger partial charge on any atom is 0.320 e. The van der Waals surface area contributed by atoms with E-state index in [0.717, 1.165) is 5.69 Å². The molecule has 0 N–H and O–H groups in total. The van der Waals surface area contributed by atoms with Crippen LogP contribution in [0.1, 0.15) is 50.8 Å². The van der Waals surface area contributed by atoms with Crippen molar-refractivity contribution in [3.63, 3.8) is 0 Å². The summed E-state index contributed by atoms with van der Waals surface area (Å²) < 4.78 is 7.05. The Morgan fingerprint density at radius 1 is 1.45 bits per heavy atom. The summed E-state index contributed by atoms with van der Waals surface area (Å²) in [7, 11) is 1.91. The van der Waals surface area contributed by atoms with Crippen molar-refractivity contribution in [2.45, 2.75) is 51.6 Å². The predicted molar refractivity (Wildman–Crippen MR) is 77.3 cm³/mol. The second kappa shape index (κ2) is 7.43. The minimum Gasteiger partial charge on any atom is -0.465 e. The Hall–Kier alpha value is -1.36. The summed E-state index contributed by atoms with van der Waals surface area (Å²) in [5.41, 5.74) is 1.02. The molecular formula is C15H25N3O2. The molecule has 5 nitrogen and oxygen atoms in total. The van der Waals surface area contributed by atoms with E-state index in [0.29, 0.717) is 25.7 Å². The maximum absolute atomic E-state index is 11.4. The van der Waals surface area contributed by atoms with Crippen molar-refractivity contribution in [3.05, 3.63) is 18.0 Å². The Morgan fingerprint density at radius 3 is 2.90 bits per heavy atom. The van der Waals surface area contributed by atoms with Gasteiger partial charge in [0.05, 0.1) is 24.9 Å². The van der Waals surface area contributed by atoms with Crippen molar-refractivity contribution in [3.8, 4) is 0 Å². The number of likely N-dealkylation sites (N-methyl/N-ethyl adjacent to an activating group) is 1. The quantitative estimate of drug-likeness (QED) is 0.750. The van der Waals surface area contributed by atoms with Crippen molar-refractivity contribution in [1.29, 1.82) is 0 Å². The summed E-state index contributed by atoms with van der Waals surface area (Å²) in [4.78, 5) is 13.3. The van der Waals surface area contributed by atoms with Gasteiger partial charge in [0.25, 0.3) is 0 Å². The molecule has 2 rings (SSSR count). The standard InChI is InChI=1S/C15H25N3O2/c1-3-20-15(19)12-17(2)11-13-9-10-18(16-13)14-7-5-4-6-8-14/h9-10,14H,3-8,11-12H2,1-2H3. The van der Waals surface area contributed by atoms with Crippen LogP contribution in [0.2, 0.25) is 0 Å². The number of esters is 1. The van der Waals surface area contributed by atoms with Crippen LogP contribution in [0.5, 0.6) is 0 Å². The first kappa shape index (κ1) is 15.0. The molecule has 20 heavy (non-hydrogen) atoms. The van der Waals surface area contributed by atoms with E-state index in [-0.39, 0.29) is 5.97 Å². The first-order valence-electron chi connectivity index (χ1n) is 7.57. The normalized spacial score (nSPS) is 16.6. The monoisotopic (exact) mass is 279 g/mol. The second-order valence-electron chi connectivity index (χ2n) is 5.56. The van der Waals surface area contributed by atoms with Gasteiger partial charge in [0.1, 0.15) is 0 Å². The number of hydrogen-bond acceptors (Lipinski definition) is 4. The Bertz CT molecular complexity index is 425. The number of nitrogens with zero attached hydrogens (tertiary/aromatic N) is 3. The van der Waals surface area contributed by atoms with E-state index in [1.807, 2.05) is 18.9 Å². The fraction of sp³-hybridized carbons (Fsp3) is 0.733. The average Bonchev–Trinajstić information content (AvgIpc) is 2.88. The van der Waals surface area contributed by atoms with Crippen molar-refractivity contribution < 1.29 is 9.53 Å². The van der Waals surface area contributed by atoms with Gasteiger partial charge in [0.15, 0.2) is 0 Å². The van der Waals surface area contributed by atoms with Crippen LogP contribution in [-0.4, -0.2) is 40.8 Å². The molecule has 0 aromatic carbocycles. The summed E-state index contributed by atoms with van der Waals surface area (Å²) in [5, 5.41) is 4.65. The van der Waals surface area contributed by atoms with Gasteiger partial charge in [0.2, 0.25) is 0 Å². The number of aromatic nitrogens is 2. The minimum atomic E-state index is -0.179. The molecule has 0 bridgehead atoms. The molecule has 0 unspecified atom stereocenters. The van der Waals surface area contributed by atoms with Crippen LogP contribution in [-0.2, 0) is 16.1 Å². The summed E-state index contributed by atoms with van der Waals surface area (Å²) in [6, 6.07) is 2.61. The van der Waals surface area contributed by atoms with Crippen LogP contribution in [0.15, 0.2) is 12.3 Å². The zero-order chi connectivity index (χ0) is 14.4. The first-order chi connectivity index (χ1) is 9.69. The van der Waals surface area contributed by atoms with Gasteiger partial charge < -0.3 is 4.74 Å². The van der Waals surface area contributed by atoms with Gasteiger partial charge >= 0.3 is 5.97 Å². The molecule has 1 saturated carbocycles. The molecule has 0 saturated heterocycles. The van der Waals surface area contributed by atoms with E-state index in [1.165, 1.54) is 32.1 Å². The van der Waals surface area contributed by atoms with Crippen LogP contribution in [0.25, 0.3) is 0 Å². The molecule has 1 aliphatic rings. The van der Waals surface area contributed by atoms with E-state index in [2.05, 4.69) is 22.0 Å². The van der Waals surface area contributed by atoms with Gasteiger partial charge in [-0.1, -0.05) is 19.3 Å². The number of carbonyl (C=O) groups is 1. The molecule has 1 heterocycles. The number of ether oxygens (including phenoxy) is 1. The van der Waals surface area contributed by atoms with E-state index in [1.54, 1.807) is 0 Å². The topological polar surface area (TPSA) is 47.4 Å². The van der Waals surface area contributed by atoms with Crippen molar-refractivity contribution in [1.82, 2.24) is 14.7 Å². The Labute approximate surface area is 120 Å². The highest BCUT2D eigenvalue weighted by molar-refractivity contribution is 5.71. The third kappa shape index (κ3) is 4.34. The Morgan fingerprint density at radius 2 is 2.20 bits per heavy atom. The van der Waals surface area contributed by atoms with E-state index in [9.17, 15) is 4.79 Å². The van der Waals surface area contributed by atoms with Gasteiger partial charge in [-0.2, -0.15) is 5.10 Å². The molecule has 112 valence electrons. The fourth-order valence-electron chi connectivity index (χ4n) is 2.77. The van der Waals surface area contributed by atoms with Crippen LogP contribution < -0.4 is 0 Å². The molecule has 1 aromatic rings. The summed E-state index contributed by atoms with van der Waals surface area (Å²) in [6.07, 6.45) is 8.52. The lowest BCUT2D eigenvalue weighted by Crippen LogP contribution is -2.27. The van der Waals surface area contributed by atoms with E-state index >= 15 is 0 Å². The molecule has 0 atom stereocenters. The summed E-state index contributed by atoms with van der Waals surface area (Å²) in [5.74, 6) is -0.179. The highest BCUT2D eigenvalue weighted by Gasteiger charge is 2.16. The Kier molecular flexibility index (Phi) is 5.59. The van der Waals surface area contributed by atoms with Crippen LogP contribution in [0.4, 0.5) is 0 Å². The third-order valence-corrected chi connectivity index (χ3v) is 3.75. The molecule has 0 amide bonds. The first-order valence-corrected chi connectivity index (χ1v) is 7.57. The lowest BCUT2D eigenvalue weighted by Gasteiger charge is -2.22. The van der Waals surface area contributed by atoms with E-state index < -0.39 is 0 Å². The predicted octanol–water partition coefficient (Wildman–Crippen LogP) is 2.38. The molecule has 0 aliphatic heterocycles. The highest BCUT2D eigenvalue weighted by atomic mass is 16.5. The number of rotatable bonds is 6. The van der Waals surface area contributed by atoms with Crippen LogP contribution in [0.3, 0.4) is 0 Å². The molecule has 1 aliphatic carbocycles. The largest absolute Gasteiger partial charge is 0.465 e. The smallest absolute Gasteiger partial charge is 0.320 e.